The Labute approximate surface area is 153 Å². The Morgan fingerprint density at radius 3 is 2.62 bits per heavy atom. The summed E-state index contributed by atoms with van der Waals surface area (Å²) in [5.74, 6) is 0.0869. The lowest BCUT2D eigenvalue weighted by molar-refractivity contribution is -0.135. The number of aromatic amines is 1. The molecular weight excluding hydrogens is 334 g/mol. The van der Waals surface area contributed by atoms with E-state index in [1.165, 1.54) is 0 Å². The van der Waals surface area contributed by atoms with Crippen molar-refractivity contribution in [3.8, 4) is 0 Å². The van der Waals surface area contributed by atoms with Gasteiger partial charge in [-0.25, -0.2) is 0 Å². The van der Waals surface area contributed by atoms with Crippen molar-refractivity contribution in [1.29, 1.82) is 0 Å². The summed E-state index contributed by atoms with van der Waals surface area (Å²) in [5.41, 5.74) is 2.24. The molecule has 2 aliphatic heterocycles. The standard InChI is InChI=1S/C18H27N5O3/c1-11-10-22(18(26)17-12(2)13(3)20-21-17)8-9-23(11)16(25)7-5-14-4-6-15(24)19-14/h11,14H,4-10H2,1-3H3,(H,19,24)(H,20,21)/t11-,14?/m1/s1. The normalized spacial score (nSPS) is 23.3. The molecule has 8 heteroatoms. The van der Waals surface area contributed by atoms with E-state index in [-0.39, 0.29) is 29.8 Å². The smallest absolute Gasteiger partial charge is 0.274 e. The Kier molecular flexibility index (Phi) is 5.29. The zero-order valence-electron chi connectivity index (χ0n) is 15.7. The number of carbonyl (C=O) groups is 3. The molecule has 142 valence electrons. The average molecular weight is 361 g/mol. The summed E-state index contributed by atoms with van der Waals surface area (Å²) in [6, 6.07) is 0.0919. The van der Waals surface area contributed by atoms with Crippen molar-refractivity contribution in [3.63, 3.8) is 0 Å². The van der Waals surface area contributed by atoms with Gasteiger partial charge < -0.3 is 15.1 Å². The zero-order valence-corrected chi connectivity index (χ0v) is 15.7. The molecule has 3 amide bonds. The fraction of sp³-hybridized carbons (Fsp3) is 0.667. The summed E-state index contributed by atoms with van der Waals surface area (Å²) in [7, 11) is 0. The van der Waals surface area contributed by atoms with Gasteiger partial charge in [0.05, 0.1) is 0 Å². The van der Waals surface area contributed by atoms with E-state index in [4.69, 9.17) is 0 Å². The fourth-order valence-corrected chi connectivity index (χ4v) is 3.69. The van der Waals surface area contributed by atoms with Gasteiger partial charge in [-0.15, -0.1) is 0 Å². The molecule has 26 heavy (non-hydrogen) atoms. The fourth-order valence-electron chi connectivity index (χ4n) is 3.69. The molecule has 0 bridgehead atoms. The largest absolute Gasteiger partial charge is 0.353 e. The van der Waals surface area contributed by atoms with Gasteiger partial charge in [-0.1, -0.05) is 0 Å². The maximum Gasteiger partial charge on any atom is 0.274 e. The third kappa shape index (κ3) is 3.73. The molecular formula is C18H27N5O3. The maximum absolute atomic E-state index is 12.7. The predicted octanol–water partition coefficient (Wildman–Crippen LogP) is 0.758. The summed E-state index contributed by atoms with van der Waals surface area (Å²) in [5, 5.41) is 9.87. The second-order valence-electron chi connectivity index (χ2n) is 7.35. The Balaban J connectivity index is 1.53. The molecule has 0 aliphatic carbocycles. The highest BCUT2D eigenvalue weighted by Crippen LogP contribution is 2.18. The van der Waals surface area contributed by atoms with Crippen LogP contribution >= 0.6 is 0 Å². The number of piperazine rings is 1. The molecule has 2 fully saturated rings. The Morgan fingerprint density at radius 1 is 1.27 bits per heavy atom. The highest BCUT2D eigenvalue weighted by Gasteiger charge is 2.32. The highest BCUT2D eigenvalue weighted by atomic mass is 16.2. The Bertz CT molecular complexity index is 714. The van der Waals surface area contributed by atoms with Crippen molar-refractivity contribution in [2.24, 2.45) is 0 Å². The first-order valence-corrected chi connectivity index (χ1v) is 9.26. The van der Waals surface area contributed by atoms with Crippen LogP contribution in [0.4, 0.5) is 0 Å². The van der Waals surface area contributed by atoms with Crippen LogP contribution in [0.1, 0.15) is 54.4 Å². The molecule has 1 aromatic rings. The number of aromatic nitrogens is 2. The summed E-state index contributed by atoms with van der Waals surface area (Å²) in [4.78, 5) is 40.1. The molecule has 3 heterocycles. The molecule has 0 spiro atoms. The number of nitrogens with one attached hydrogen (secondary N) is 2. The van der Waals surface area contributed by atoms with Crippen LogP contribution in [0.25, 0.3) is 0 Å². The number of hydrogen-bond donors (Lipinski definition) is 2. The zero-order chi connectivity index (χ0) is 18.8. The van der Waals surface area contributed by atoms with Crippen LogP contribution in [-0.2, 0) is 9.59 Å². The minimum absolute atomic E-state index is 0.0290. The number of amides is 3. The Hall–Kier alpha value is -2.38. The molecule has 2 atom stereocenters. The number of aryl methyl sites for hydroxylation is 1. The van der Waals surface area contributed by atoms with E-state index in [2.05, 4.69) is 15.5 Å². The molecule has 1 unspecified atom stereocenters. The van der Waals surface area contributed by atoms with Crippen molar-refractivity contribution < 1.29 is 14.4 Å². The van der Waals surface area contributed by atoms with E-state index in [1.54, 1.807) is 4.90 Å². The van der Waals surface area contributed by atoms with Crippen molar-refractivity contribution in [2.45, 2.75) is 58.5 Å². The highest BCUT2D eigenvalue weighted by molar-refractivity contribution is 5.94. The van der Waals surface area contributed by atoms with Crippen molar-refractivity contribution in [1.82, 2.24) is 25.3 Å². The lowest BCUT2D eigenvalue weighted by atomic mass is 10.1. The van der Waals surface area contributed by atoms with Gasteiger partial charge in [0.2, 0.25) is 11.8 Å². The van der Waals surface area contributed by atoms with Gasteiger partial charge in [0, 0.05) is 55.8 Å². The maximum atomic E-state index is 12.7. The summed E-state index contributed by atoms with van der Waals surface area (Å²) in [6.07, 6.45) is 2.48. The molecule has 3 rings (SSSR count). The lowest BCUT2D eigenvalue weighted by Crippen LogP contribution is -2.55. The van der Waals surface area contributed by atoms with Gasteiger partial charge in [-0.3, -0.25) is 19.5 Å². The lowest BCUT2D eigenvalue weighted by Gasteiger charge is -2.40. The van der Waals surface area contributed by atoms with Crippen LogP contribution in [0, 0.1) is 13.8 Å². The number of hydrogen-bond acceptors (Lipinski definition) is 4. The molecule has 0 radical (unpaired) electrons. The van der Waals surface area contributed by atoms with E-state index >= 15 is 0 Å². The monoisotopic (exact) mass is 361 g/mol. The van der Waals surface area contributed by atoms with Crippen LogP contribution < -0.4 is 5.32 Å². The minimum Gasteiger partial charge on any atom is -0.353 e. The van der Waals surface area contributed by atoms with E-state index in [0.29, 0.717) is 44.6 Å². The van der Waals surface area contributed by atoms with Gasteiger partial charge in [-0.05, 0) is 33.6 Å². The third-order valence-corrected chi connectivity index (χ3v) is 5.48. The SMILES string of the molecule is Cc1[nH]nc(C(=O)N2CCN(C(=O)CCC3CCC(=O)N3)[C@H](C)C2)c1C. The van der Waals surface area contributed by atoms with E-state index in [0.717, 1.165) is 17.7 Å². The molecule has 2 N–H and O–H groups in total. The first kappa shape index (κ1) is 18.4. The van der Waals surface area contributed by atoms with Crippen molar-refractivity contribution >= 4 is 17.7 Å². The van der Waals surface area contributed by atoms with Crippen molar-refractivity contribution in [2.75, 3.05) is 19.6 Å². The summed E-state index contributed by atoms with van der Waals surface area (Å²) in [6.45, 7) is 7.31. The number of rotatable bonds is 4. The average Bonchev–Trinajstić information content (AvgIpc) is 3.18. The number of H-pyrrole nitrogens is 1. The van der Waals surface area contributed by atoms with Crippen LogP contribution in [0.2, 0.25) is 0 Å². The molecule has 2 saturated heterocycles. The van der Waals surface area contributed by atoms with E-state index in [9.17, 15) is 14.4 Å². The summed E-state index contributed by atoms with van der Waals surface area (Å²) < 4.78 is 0. The van der Waals surface area contributed by atoms with Crippen LogP contribution in [-0.4, -0.2) is 69.4 Å². The molecule has 0 saturated carbocycles. The molecule has 0 aromatic carbocycles. The van der Waals surface area contributed by atoms with Crippen molar-refractivity contribution in [3.05, 3.63) is 17.0 Å². The predicted molar refractivity (Wildman–Crippen MR) is 95.5 cm³/mol. The first-order chi connectivity index (χ1) is 12.4. The third-order valence-electron chi connectivity index (χ3n) is 5.48. The molecule has 1 aromatic heterocycles. The molecule has 2 aliphatic rings. The quantitative estimate of drug-likeness (QED) is 0.827. The number of carbonyl (C=O) groups excluding carboxylic acids is 3. The Morgan fingerprint density at radius 2 is 2.04 bits per heavy atom. The van der Waals surface area contributed by atoms with Crippen LogP contribution in [0.5, 0.6) is 0 Å². The van der Waals surface area contributed by atoms with Gasteiger partial charge in [0.15, 0.2) is 5.69 Å². The van der Waals surface area contributed by atoms with Crippen LogP contribution in [0.15, 0.2) is 0 Å². The second kappa shape index (κ2) is 7.47. The summed E-state index contributed by atoms with van der Waals surface area (Å²) >= 11 is 0. The second-order valence-corrected chi connectivity index (χ2v) is 7.35. The molecule has 8 nitrogen and oxygen atoms in total. The van der Waals surface area contributed by atoms with E-state index < -0.39 is 0 Å². The number of nitrogens with zero attached hydrogens (tertiary/aromatic N) is 3. The topological polar surface area (TPSA) is 98.4 Å². The van der Waals surface area contributed by atoms with E-state index in [1.807, 2.05) is 25.7 Å². The van der Waals surface area contributed by atoms with Gasteiger partial charge in [0.1, 0.15) is 0 Å². The van der Waals surface area contributed by atoms with Crippen LogP contribution in [0.3, 0.4) is 0 Å². The minimum atomic E-state index is -0.0838. The van der Waals surface area contributed by atoms with Gasteiger partial charge in [0.25, 0.3) is 5.91 Å². The van der Waals surface area contributed by atoms with Gasteiger partial charge >= 0.3 is 0 Å². The van der Waals surface area contributed by atoms with Gasteiger partial charge in [-0.2, -0.15) is 5.10 Å². The first-order valence-electron chi connectivity index (χ1n) is 9.26.